The zero-order chi connectivity index (χ0) is 17.7. The van der Waals surface area contributed by atoms with Gasteiger partial charge in [0.25, 0.3) is 0 Å². The van der Waals surface area contributed by atoms with Gasteiger partial charge in [0, 0.05) is 26.8 Å². The lowest BCUT2D eigenvalue weighted by atomic mass is 10.0. The van der Waals surface area contributed by atoms with Crippen LogP contribution in [0, 0.1) is 6.92 Å². The average molecular weight is 332 g/mol. The van der Waals surface area contributed by atoms with Crippen LogP contribution >= 0.6 is 0 Å². The minimum absolute atomic E-state index is 0.0467. The third-order valence-corrected chi connectivity index (χ3v) is 3.59. The Morgan fingerprint density at radius 2 is 2.08 bits per heavy atom. The molecule has 2 aromatic rings. The number of hydrogen-bond acceptors (Lipinski definition) is 5. The standard InChI is InChI=1S/C17H24N4O3/c1-12-5-6-14(24-12)17(2,23)11-20-16(22)19-10-13-7-8-18-15(9-13)21(3)4/h5-9,23H,10-11H2,1-4H3,(H2,19,20,22). The Morgan fingerprint density at radius 1 is 1.33 bits per heavy atom. The van der Waals surface area contributed by atoms with E-state index >= 15 is 0 Å². The third-order valence-electron chi connectivity index (χ3n) is 3.59. The number of carbonyl (C=O) groups excluding carboxylic acids is 1. The smallest absolute Gasteiger partial charge is 0.315 e. The lowest BCUT2D eigenvalue weighted by Gasteiger charge is -2.21. The minimum Gasteiger partial charge on any atom is -0.463 e. The number of aryl methyl sites for hydroxylation is 1. The topological polar surface area (TPSA) is 90.6 Å². The zero-order valence-corrected chi connectivity index (χ0v) is 14.5. The van der Waals surface area contributed by atoms with Crippen LogP contribution in [0.15, 0.2) is 34.9 Å². The molecule has 2 aromatic heterocycles. The summed E-state index contributed by atoms with van der Waals surface area (Å²) in [6.07, 6.45) is 1.70. The first-order valence-corrected chi connectivity index (χ1v) is 7.71. The van der Waals surface area contributed by atoms with Gasteiger partial charge in [0.05, 0.1) is 6.54 Å². The van der Waals surface area contributed by atoms with Crippen LogP contribution in [0.3, 0.4) is 0 Å². The van der Waals surface area contributed by atoms with Crippen molar-refractivity contribution in [1.82, 2.24) is 15.6 Å². The fourth-order valence-electron chi connectivity index (χ4n) is 2.12. The number of nitrogens with zero attached hydrogens (tertiary/aromatic N) is 2. The molecule has 0 saturated heterocycles. The predicted molar refractivity (Wildman–Crippen MR) is 91.8 cm³/mol. The number of amides is 2. The normalized spacial score (nSPS) is 13.2. The highest BCUT2D eigenvalue weighted by molar-refractivity contribution is 5.73. The molecule has 1 unspecified atom stereocenters. The van der Waals surface area contributed by atoms with Gasteiger partial charge in [-0.15, -0.1) is 0 Å². The molecule has 2 rings (SSSR count). The summed E-state index contributed by atoms with van der Waals surface area (Å²) >= 11 is 0. The molecule has 0 spiro atoms. The van der Waals surface area contributed by atoms with E-state index in [0.717, 1.165) is 11.4 Å². The summed E-state index contributed by atoms with van der Waals surface area (Å²) in [4.78, 5) is 18.0. The largest absolute Gasteiger partial charge is 0.463 e. The van der Waals surface area contributed by atoms with E-state index in [1.165, 1.54) is 0 Å². The van der Waals surface area contributed by atoms with E-state index < -0.39 is 5.60 Å². The van der Waals surface area contributed by atoms with Crippen LogP contribution in [-0.4, -0.2) is 36.8 Å². The molecule has 130 valence electrons. The van der Waals surface area contributed by atoms with Crippen molar-refractivity contribution < 1.29 is 14.3 Å². The number of hydrogen-bond donors (Lipinski definition) is 3. The molecule has 0 bridgehead atoms. The van der Waals surface area contributed by atoms with Gasteiger partial charge in [0.1, 0.15) is 22.9 Å². The Balaban J connectivity index is 1.84. The molecular formula is C17H24N4O3. The Labute approximate surface area is 141 Å². The summed E-state index contributed by atoms with van der Waals surface area (Å²) in [5.74, 6) is 1.96. The van der Waals surface area contributed by atoms with E-state index in [4.69, 9.17) is 4.42 Å². The number of urea groups is 1. The lowest BCUT2D eigenvalue weighted by molar-refractivity contribution is 0.0360. The summed E-state index contributed by atoms with van der Waals surface area (Å²) < 4.78 is 5.41. The summed E-state index contributed by atoms with van der Waals surface area (Å²) in [5.41, 5.74) is -0.322. The van der Waals surface area contributed by atoms with Crippen LogP contribution in [0.25, 0.3) is 0 Å². The number of rotatable bonds is 6. The first-order valence-electron chi connectivity index (χ1n) is 7.71. The highest BCUT2D eigenvalue weighted by Gasteiger charge is 2.27. The fourth-order valence-corrected chi connectivity index (χ4v) is 2.12. The van der Waals surface area contributed by atoms with Crippen LogP contribution in [0.5, 0.6) is 0 Å². The van der Waals surface area contributed by atoms with E-state index in [-0.39, 0.29) is 12.6 Å². The maximum atomic E-state index is 11.9. The highest BCUT2D eigenvalue weighted by atomic mass is 16.4. The van der Waals surface area contributed by atoms with E-state index in [0.29, 0.717) is 18.1 Å². The molecule has 7 nitrogen and oxygen atoms in total. The van der Waals surface area contributed by atoms with Crippen molar-refractivity contribution in [3.8, 4) is 0 Å². The van der Waals surface area contributed by atoms with Crippen LogP contribution in [0.2, 0.25) is 0 Å². The monoisotopic (exact) mass is 332 g/mol. The van der Waals surface area contributed by atoms with Crippen molar-refractivity contribution >= 4 is 11.8 Å². The van der Waals surface area contributed by atoms with E-state index in [1.807, 2.05) is 31.1 Å². The Hall–Kier alpha value is -2.54. The van der Waals surface area contributed by atoms with Gasteiger partial charge in [-0.05, 0) is 43.7 Å². The lowest BCUT2D eigenvalue weighted by Crippen LogP contribution is -2.43. The number of aromatic nitrogens is 1. The predicted octanol–water partition coefficient (Wildman–Crippen LogP) is 1.76. The number of furan rings is 1. The van der Waals surface area contributed by atoms with Gasteiger partial charge >= 0.3 is 6.03 Å². The number of anilines is 1. The molecule has 0 aromatic carbocycles. The quantitative estimate of drug-likeness (QED) is 0.750. The van der Waals surface area contributed by atoms with Gasteiger partial charge in [0.2, 0.25) is 0 Å². The van der Waals surface area contributed by atoms with Gasteiger partial charge in [-0.25, -0.2) is 9.78 Å². The molecule has 24 heavy (non-hydrogen) atoms. The molecule has 7 heteroatoms. The van der Waals surface area contributed by atoms with Crippen molar-refractivity contribution in [3.63, 3.8) is 0 Å². The first-order chi connectivity index (χ1) is 11.3. The van der Waals surface area contributed by atoms with E-state index in [9.17, 15) is 9.90 Å². The molecular weight excluding hydrogens is 308 g/mol. The molecule has 0 aliphatic rings. The first kappa shape index (κ1) is 17.8. The van der Waals surface area contributed by atoms with Gasteiger partial charge < -0.3 is 25.1 Å². The maximum Gasteiger partial charge on any atom is 0.315 e. The van der Waals surface area contributed by atoms with Gasteiger partial charge in [-0.1, -0.05) is 0 Å². The average Bonchev–Trinajstić information content (AvgIpc) is 2.99. The Morgan fingerprint density at radius 3 is 2.71 bits per heavy atom. The second-order valence-corrected chi connectivity index (χ2v) is 6.14. The fraction of sp³-hybridized carbons (Fsp3) is 0.412. The summed E-state index contributed by atoms with van der Waals surface area (Å²) in [6.45, 7) is 3.82. The molecule has 0 saturated carbocycles. The number of aliphatic hydroxyl groups is 1. The molecule has 0 aliphatic carbocycles. The summed E-state index contributed by atoms with van der Waals surface area (Å²) in [6, 6.07) is 6.86. The van der Waals surface area contributed by atoms with Gasteiger partial charge in [0.15, 0.2) is 0 Å². The van der Waals surface area contributed by atoms with Crippen LogP contribution < -0.4 is 15.5 Å². The van der Waals surface area contributed by atoms with Crippen LogP contribution in [0.1, 0.15) is 24.0 Å². The number of carbonyl (C=O) groups is 1. The van der Waals surface area contributed by atoms with Gasteiger partial charge in [-0.3, -0.25) is 0 Å². The second-order valence-electron chi connectivity index (χ2n) is 6.14. The molecule has 2 amide bonds. The van der Waals surface area contributed by atoms with Crippen LogP contribution in [0.4, 0.5) is 10.6 Å². The molecule has 0 fully saturated rings. The molecule has 0 aliphatic heterocycles. The Bertz CT molecular complexity index is 695. The SMILES string of the molecule is Cc1ccc(C(C)(O)CNC(=O)NCc2ccnc(N(C)C)c2)o1. The second kappa shape index (κ2) is 7.35. The van der Waals surface area contributed by atoms with Crippen molar-refractivity contribution in [2.24, 2.45) is 0 Å². The van der Waals surface area contributed by atoms with Crippen molar-refractivity contribution in [1.29, 1.82) is 0 Å². The molecule has 3 N–H and O–H groups in total. The van der Waals surface area contributed by atoms with Crippen molar-refractivity contribution in [2.45, 2.75) is 26.0 Å². The molecule has 2 heterocycles. The van der Waals surface area contributed by atoms with Crippen molar-refractivity contribution in [2.75, 3.05) is 25.5 Å². The van der Waals surface area contributed by atoms with Crippen LogP contribution in [-0.2, 0) is 12.1 Å². The number of pyridine rings is 1. The maximum absolute atomic E-state index is 11.9. The van der Waals surface area contributed by atoms with E-state index in [2.05, 4.69) is 15.6 Å². The Kier molecular flexibility index (Phi) is 5.46. The highest BCUT2D eigenvalue weighted by Crippen LogP contribution is 2.21. The molecule has 1 atom stereocenters. The number of nitrogens with one attached hydrogen (secondary N) is 2. The zero-order valence-electron chi connectivity index (χ0n) is 14.5. The third kappa shape index (κ3) is 4.73. The van der Waals surface area contributed by atoms with Gasteiger partial charge in [-0.2, -0.15) is 0 Å². The van der Waals surface area contributed by atoms with E-state index in [1.54, 1.807) is 32.2 Å². The summed E-state index contributed by atoms with van der Waals surface area (Å²) in [7, 11) is 3.81. The summed E-state index contributed by atoms with van der Waals surface area (Å²) in [5, 5.41) is 15.8. The minimum atomic E-state index is -1.26. The molecule has 0 radical (unpaired) electrons. The van der Waals surface area contributed by atoms with Crippen molar-refractivity contribution in [3.05, 3.63) is 47.5 Å².